The predicted molar refractivity (Wildman–Crippen MR) is 59.2 cm³/mol. The monoisotopic (exact) mass is 197 g/mol. The number of rotatable bonds is 5. The molecule has 82 valence electrons. The van der Waals surface area contributed by atoms with Crippen LogP contribution in [0.15, 0.2) is 0 Å². The smallest absolute Gasteiger partial charge is 0.223 e. The zero-order chi connectivity index (χ0) is 10.6. The number of unbranched alkanes of at least 4 members (excludes halogenated alkanes) is 1. The van der Waals surface area contributed by atoms with Gasteiger partial charge >= 0.3 is 0 Å². The molecule has 0 aromatic carbocycles. The molecule has 1 amide bonds. The highest BCUT2D eigenvalue weighted by atomic mass is 16.2. The van der Waals surface area contributed by atoms with E-state index in [9.17, 15) is 4.79 Å². The molecule has 1 unspecified atom stereocenters. The summed E-state index contributed by atoms with van der Waals surface area (Å²) in [6, 6.07) is 0. The molecule has 0 saturated carbocycles. The maximum absolute atomic E-state index is 11.7. The lowest BCUT2D eigenvalue weighted by Gasteiger charge is -2.38. The van der Waals surface area contributed by atoms with Gasteiger partial charge in [-0.15, -0.1) is 0 Å². The first-order valence-electron chi connectivity index (χ1n) is 5.94. The van der Waals surface area contributed by atoms with E-state index in [-0.39, 0.29) is 5.54 Å². The van der Waals surface area contributed by atoms with Crippen molar-refractivity contribution >= 4 is 5.91 Å². The van der Waals surface area contributed by atoms with E-state index in [2.05, 4.69) is 25.7 Å². The Morgan fingerprint density at radius 3 is 2.57 bits per heavy atom. The highest BCUT2D eigenvalue weighted by molar-refractivity contribution is 5.78. The average Bonchev–Trinajstić information content (AvgIpc) is 2.61. The summed E-state index contributed by atoms with van der Waals surface area (Å²) in [6.07, 6.45) is 6.51. The lowest BCUT2D eigenvalue weighted by Crippen LogP contribution is -2.46. The van der Waals surface area contributed by atoms with E-state index in [1.807, 2.05) is 0 Å². The lowest BCUT2D eigenvalue weighted by atomic mass is 9.90. The van der Waals surface area contributed by atoms with Crippen LogP contribution in [0.4, 0.5) is 0 Å². The van der Waals surface area contributed by atoms with Crippen LogP contribution in [0.3, 0.4) is 0 Å². The number of nitrogens with zero attached hydrogens (tertiary/aromatic N) is 1. The summed E-state index contributed by atoms with van der Waals surface area (Å²) in [5.41, 5.74) is 0.129. The SMILES string of the molecule is CCCCC(C)(CC)N1CCCC1=O. The second-order valence-electron chi connectivity index (χ2n) is 4.60. The zero-order valence-electron chi connectivity index (χ0n) is 9.81. The van der Waals surface area contributed by atoms with Crippen molar-refractivity contribution in [2.24, 2.45) is 0 Å². The number of amides is 1. The van der Waals surface area contributed by atoms with Crippen LogP contribution in [0, 0.1) is 0 Å². The lowest BCUT2D eigenvalue weighted by molar-refractivity contribution is -0.133. The minimum absolute atomic E-state index is 0.129. The Labute approximate surface area is 87.7 Å². The molecule has 1 rings (SSSR count). The topological polar surface area (TPSA) is 20.3 Å². The number of likely N-dealkylation sites (tertiary alicyclic amines) is 1. The van der Waals surface area contributed by atoms with Crippen molar-refractivity contribution in [3.8, 4) is 0 Å². The summed E-state index contributed by atoms with van der Waals surface area (Å²) in [6.45, 7) is 7.63. The van der Waals surface area contributed by atoms with Gasteiger partial charge in [0, 0.05) is 18.5 Å². The Bertz CT molecular complexity index is 202. The van der Waals surface area contributed by atoms with E-state index in [0.29, 0.717) is 5.91 Å². The standard InChI is InChI=1S/C12H23NO/c1-4-6-9-12(3,5-2)13-10-7-8-11(13)14/h4-10H2,1-3H3. The third kappa shape index (κ3) is 2.28. The van der Waals surface area contributed by atoms with Gasteiger partial charge in [-0.2, -0.15) is 0 Å². The normalized spacial score (nSPS) is 21.4. The Morgan fingerprint density at radius 2 is 2.14 bits per heavy atom. The largest absolute Gasteiger partial charge is 0.337 e. The molecule has 1 aliphatic heterocycles. The fourth-order valence-corrected chi connectivity index (χ4v) is 2.28. The van der Waals surface area contributed by atoms with E-state index in [4.69, 9.17) is 0 Å². The van der Waals surface area contributed by atoms with Gasteiger partial charge in [0.05, 0.1) is 0 Å². The number of hydrogen-bond acceptors (Lipinski definition) is 1. The van der Waals surface area contributed by atoms with Gasteiger partial charge in [0.2, 0.25) is 5.91 Å². The van der Waals surface area contributed by atoms with E-state index in [0.717, 1.165) is 32.2 Å². The van der Waals surface area contributed by atoms with Crippen LogP contribution < -0.4 is 0 Å². The molecule has 1 heterocycles. The van der Waals surface area contributed by atoms with Gasteiger partial charge in [-0.1, -0.05) is 26.7 Å². The summed E-state index contributed by atoms with van der Waals surface area (Å²) in [4.78, 5) is 13.8. The Morgan fingerprint density at radius 1 is 1.43 bits per heavy atom. The Kier molecular flexibility index (Phi) is 3.97. The number of carbonyl (C=O) groups excluding carboxylic acids is 1. The first kappa shape index (κ1) is 11.5. The molecule has 0 aliphatic carbocycles. The van der Waals surface area contributed by atoms with Crippen molar-refractivity contribution in [2.75, 3.05) is 6.54 Å². The quantitative estimate of drug-likeness (QED) is 0.663. The Hall–Kier alpha value is -0.530. The van der Waals surface area contributed by atoms with E-state index >= 15 is 0 Å². The molecule has 0 aromatic heterocycles. The van der Waals surface area contributed by atoms with Crippen molar-refractivity contribution in [3.63, 3.8) is 0 Å². The van der Waals surface area contributed by atoms with E-state index in [1.165, 1.54) is 12.8 Å². The van der Waals surface area contributed by atoms with Crippen LogP contribution in [0.5, 0.6) is 0 Å². The molecule has 0 aromatic rings. The van der Waals surface area contributed by atoms with Gasteiger partial charge in [-0.3, -0.25) is 4.79 Å². The van der Waals surface area contributed by atoms with Gasteiger partial charge in [-0.05, 0) is 26.2 Å². The average molecular weight is 197 g/mol. The second-order valence-corrected chi connectivity index (χ2v) is 4.60. The summed E-state index contributed by atoms with van der Waals surface area (Å²) >= 11 is 0. The first-order chi connectivity index (χ1) is 6.64. The van der Waals surface area contributed by atoms with Crippen molar-refractivity contribution in [1.29, 1.82) is 0 Å². The van der Waals surface area contributed by atoms with Crippen LogP contribution in [-0.2, 0) is 4.79 Å². The van der Waals surface area contributed by atoms with E-state index < -0.39 is 0 Å². The first-order valence-corrected chi connectivity index (χ1v) is 5.94. The summed E-state index contributed by atoms with van der Waals surface area (Å²) in [5.74, 6) is 0.366. The molecule has 2 heteroatoms. The third-order valence-electron chi connectivity index (χ3n) is 3.56. The minimum atomic E-state index is 0.129. The van der Waals surface area contributed by atoms with Crippen LogP contribution in [0.25, 0.3) is 0 Å². The fourth-order valence-electron chi connectivity index (χ4n) is 2.28. The van der Waals surface area contributed by atoms with Crippen LogP contribution in [0.1, 0.15) is 59.3 Å². The molecular formula is C12H23NO. The molecule has 0 spiro atoms. The van der Waals surface area contributed by atoms with Crippen molar-refractivity contribution in [2.45, 2.75) is 64.8 Å². The molecule has 1 fully saturated rings. The summed E-state index contributed by atoms with van der Waals surface area (Å²) in [7, 11) is 0. The molecule has 2 nitrogen and oxygen atoms in total. The van der Waals surface area contributed by atoms with Crippen molar-refractivity contribution < 1.29 is 4.79 Å². The minimum Gasteiger partial charge on any atom is -0.337 e. The van der Waals surface area contributed by atoms with Crippen molar-refractivity contribution in [1.82, 2.24) is 4.90 Å². The highest BCUT2D eigenvalue weighted by Crippen LogP contribution is 2.30. The van der Waals surface area contributed by atoms with Gasteiger partial charge < -0.3 is 4.90 Å². The molecule has 14 heavy (non-hydrogen) atoms. The second kappa shape index (κ2) is 4.81. The number of carbonyl (C=O) groups is 1. The fraction of sp³-hybridized carbons (Fsp3) is 0.917. The van der Waals surface area contributed by atoms with Gasteiger partial charge in [0.15, 0.2) is 0 Å². The summed E-state index contributed by atoms with van der Waals surface area (Å²) < 4.78 is 0. The molecule has 1 atom stereocenters. The summed E-state index contributed by atoms with van der Waals surface area (Å²) in [5, 5.41) is 0. The third-order valence-corrected chi connectivity index (χ3v) is 3.56. The zero-order valence-corrected chi connectivity index (χ0v) is 9.81. The molecule has 0 radical (unpaired) electrons. The molecule has 1 aliphatic rings. The van der Waals surface area contributed by atoms with Gasteiger partial charge in [0.1, 0.15) is 0 Å². The van der Waals surface area contributed by atoms with Crippen LogP contribution in [-0.4, -0.2) is 22.9 Å². The van der Waals surface area contributed by atoms with Gasteiger partial charge in [-0.25, -0.2) is 0 Å². The molecular weight excluding hydrogens is 174 g/mol. The number of hydrogen-bond donors (Lipinski definition) is 0. The maximum atomic E-state index is 11.7. The van der Waals surface area contributed by atoms with Gasteiger partial charge in [0.25, 0.3) is 0 Å². The maximum Gasteiger partial charge on any atom is 0.223 e. The highest BCUT2D eigenvalue weighted by Gasteiger charge is 2.35. The Balaban J connectivity index is 2.62. The van der Waals surface area contributed by atoms with Crippen LogP contribution >= 0.6 is 0 Å². The predicted octanol–water partition coefficient (Wildman–Crippen LogP) is 2.97. The van der Waals surface area contributed by atoms with Crippen molar-refractivity contribution in [3.05, 3.63) is 0 Å². The van der Waals surface area contributed by atoms with Crippen LogP contribution in [0.2, 0.25) is 0 Å². The molecule has 1 saturated heterocycles. The molecule has 0 bridgehead atoms. The van der Waals surface area contributed by atoms with E-state index in [1.54, 1.807) is 0 Å². The molecule has 0 N–H and O–H groups in total.